The second kappa shape index (κ2) is 4.23. The molecule has 2 unspecified atom stereocenters. The molecule has 1 aliphatic rings. The van der Waals surface area contributed by atoms with Crippen molar-refractivity contribution in [1.82, 2.24) is 9.36 Å². The Hall–Kier alpha value is -0.680. The summed E-state index contributed by atoms with van der Waals surface area (Å²) in [6.07, 6.45) is 3.73. The maximum absolute atomic E-state index is 5.71. The topological polar surface area (TPSA) is 63.8 Å². The maximum Gasteiger partial charge on any atom is 0.202 e. The van der Waals surface area contributed by atoms with E-state index in [2.05, 4.69) is 14.7 Å². The van der Waals surface area contributed by atoms with Crippen molar-refractivity contribution in [2.45, 2.75) is 32.2 Å². The molecule has 3 N–H and O–H groups in total. The van der Waals surface area contributed by atoms with Gasteiger partial charge in [-0.15, -0.1) is 0 Å². The van der Waals surface area contributed by atoms with Gasteiger partial charge in [-0.25, -0.2) is 4.98 Å². The zero-order valence-electron chi connectivity index (χ0n) is 8.36. The van der Waals surface area contributed by atoms with Crippen LogP contribution in [0.3, 0.4) is 0 Å². The first-order valence-corrected chi connectivity index (χ1v) is 5.84. The number of hydrogen-bond donors (Lipinski definition) is 2. The molecule has 0 spiro atoms. The monoisotopic (exact) mass is 212 g/mol. The normalized spacial score (nSPS) is 26.7. The fourth-order valence-electron chi connectivity index (χ4n) is 2.02. The minimum atomic E-state index is 0.507. The highest BCUT2D eigenvalue weighted by atomic mass is 32.1. The highest BCUT2D eigenvalue weighted by molar-refractivity contribution is 7.09. The van der Waals surface area contributed by atoms with E-state index in [9.17, 15) is 0 Å². The van der Waals surface area contributed by atoms with Gasteiger partial charge in [0.15, 0.2) is 0 Å². The Morgan fingerprint density at radius 3 is 3.07 bits per heavy atom. The van der Waals surface area contributed by atoms with E-state index in [0.717, 1.165) is 17.5 Å². The van der Waals surface area contributed by atoms with Gasteiger partial charge in [-0.2, -0.15) is 4.37 Å². The predicted octanol–water partition coefficient (Wildman–Crippen LogP) is 1.39. The quantitative estimate of drug-likeness (QED) is 0.794. The summed E-state index contributed by atoms with van der Waals surface area (Å²) in [7, 11) is 0. The van der Waals surface area contributed by atoms with Crippen LogP contribution >= 0.6 is 11.5 Å². The molecule has 2 rings (SSSR count). The molecule has 4 nitrogen and oxygen atoms in total. The molecule has 0 radical (unpaired) electrons. The van der Waals surface area contributed by atoms with E-state index >= 15 is 0 Å². The van der Waals surface area contributed by atoms with Crippen LogP contribution in [-0.2, 0) is 0 Å². The number of aromatic nitrogens is 2. The lowest BCUT2D eigenvalue weighted by Crippen LogP contribution is -2.29. The minimum absolute atomic E-state index is 0.507. The van der Waals surface area contributed by atoms with Crippen LogP contribution in [0.15, 0.2) is 0 Å². The molecular weight excluding hydrogens is 196 g/mol. The molecule has 0 aliphatic heterocycles. The molecule has 5 heteroatoms. The van der Waals surface area contributed by atoms with Crippen molar-refractivity contribution in [3.63, 3.8) is 0 Å². The minimum Gasteiger partial charge on any atom is -0.357 e. The van der Waals surface area contributed by atoms with Crippen LogP contribution in [-0.4, -0.2) is 21.9 Å². The standard InChI is InChI=1S/C9H16N4S/c1-6-11-9(14-13-6)12-8-4-2-3-7(8)5-10/h7-8H,2-5,10H2,1H3,(H,11,12,13). The summed E-state index contributed by atoms with van der Waals surface area (Å²) in [5, 5.41) is 4.37. The molecule has 1 fully saturated rings. The second-order valence-corrected chi connectivity index (χ2v) is 4.58. The summed E-state index contributed by atoms with van der Waals surface area (Å²) in [6.45, 7) is 2.69. The van der Waals surface area contributed by atoms with E-state index in [1.807, 2.05) is 6.92 Å². The van der Waals surface area contributed by atoms with Crippen molar-refractivity contribution in [2.24, 2.45) is 11.7 Å². The lowest BCUT2D eigenvalue weighted by molar-refractivity contribution is 0.516. The molecule has 1 saturated carbocycles. The maximum atomic E-state index is 5.71. The number of hydrogen-bond acceptors (Lipinski definition) is 5. The average Bonchev–Trinajstić information content (AvgIpc) is 2.76. The van der Waals surface area contributed by atoms with Gasteiger partial charge < -0.3 is 11.1 Å². The van der Waals surface area contributed by atoms with Crippen LogP contribution in [0.4, 0.5) is 5.13 Å². The first-order chi connectivity index (χ1) is 6.79. The third kappa shape index (κ3) is 2.04. The molecule has 2 atom stereocenters. The highest BCUT2D eigenvalue weighted by Crippen LogP contribution is 2.28. The van der Waals surface area contributed by atoms with Crippen LogP contribution in [0.1, 0.15) is 25.1 Å². The van der Waals surface area contributed by atoms with Crippen LogP contribution in [0, 0.1) is 12.8 Å². The molecule has 1 aromatic heterocycles. The smallest absolute Gasteiger partial charge is 0.202 e. The third-order valence-electron chi connectivity index (χ3n) is 2.80. The lowest BCUT2D eigenvalue weighted by Gasteiger charge is -2.18. The summed E-state index contributed by atoms with van der Waals surface area (Å²) < 4.78 is 4.15. The fraction of sp³-hybridized carbons (Fsp3) is 0.778. The fourth-order valence-corrected chi connectivity index (χ4v) is 2.66. The Morgan fingerprint density at radius 2 is 2.43 bits per heavy atom. The van der Waals surface area contributed by atoms with Crippen molar-refractivity contribution in [3.05, 3.63) is 5.82 Å². The molecule has 14 heavy (non-hydrogen) atoms. The molecule has 78 valence electrons. The molecule has 0 aromatic carbocycles. The van der Waals surface area contributed by atoms with Crippen LogP contribution in [0.25, 0.3) is 0 Å². The van der Waals surface area contributed by atoms with Gasteiger partial charge in [0.25, 0.3) is 0 Å². The summed E-state index contributed by atoms with van der Waals surface area (Å²) in [6, 6.07) is 0.507. The number of nitrogens with two attached hydrogens (primary N) is 1. The summed E-state index contributed by atoms with van der Waals surface area (Å²) in [5.41, 5.74) is 5.71. The average molecular weight is 212 g/mol. The van der Waals surface area contributed by atoms with Gasteiger partial charge in [-0.05, 0) is 32.2 Å². The third-order valence-corrected chi connectivity index (χ3v) is 3.54. The van der Waals surface area contributed by atoms with Crippen molar-refractivity contribution < 1.29 is 0 Å². The largest absolute Gasteiger partial charge is 0.357 e. The van der Waals surface area contributed by atoms with Crippen LogP contribution in [0.5, 0.6) is 0 Å². The number of rotatable bonds is 3. The number of nitrogens with zero attached hydrogens (tertiary/aromatic N) is 2. The van der Waals surface area contributed by atoms with E-state index in [1.165, 1.54) is 30.8 Å². The van der Waals surface area contributed by atoms with Gasteiger partial charge in [-0.1, -0.05) is 6.42 Å². The van der Waals surface area contributed by atoms with Crippen LogP contribution in [0.2, 0.25) is 0 Å². The SMILES string of the molecule is Cc1nsc(NC2CCCC2CN)n1. The molecule has 0 bridgehead atoms. The molecule has 0 saturated heterocycles. The van der Waals surface area contributed by atoms with Gasteiger partial charge in [0, 0.05) is 17.6 Å². The van der Waals surface area contributed by atoms with Crippen LogP contribution < -0.4 is 11.1 Å². The van der Waals surface area contributed by atoms with Gasteiger partial charge in [-0.3, -0.25) is 0 Å². The number of anilines is 1. The van der Waals surface area contributed by atoms with E-state index in [4.69, 9.17) is 5.73 Å². The van der Waals surface area contributed by atoms with Gasteiger partial charge in [0.1, 0.15) is 5.82 Å². The predicted molar refractivity (Wildman–Crippen MR) is 58.5 cm³/mol. The number of nitrogens with one attached hydrogen (secondary N) is 1. The molecular formula is C9H16N4S. The zero-order chi connectivity index (χ0) is 9.97. The zero-order valence-corrected chi connectivity index (χ0v) is 9.18. The Balaban J connectivity index is 1.96. The van der Waals surface area contributed by atoms with E-state index < -0.39 is 0 Å². The van der Waals surface area contributed by atoms with Gasteiger partial charge in [0.2, 0.25) is 5.13 Å². The molecule has 1 aromatic rings. The van der Waals surface area contributed by atoms with Crippen molar-refractivity contribution >= 4 is 16.7 Å². The summed E-state index contributed by atoms with van der Waals surface area (Å²) in [5.74, 6) is 1.46. The van der Waals surface area contributed by atoms with Gasteiger partial charge >= 0.3 is 0 Å². The van der Waals surface area contributed by atoms with E-state index in [0.29, 0.717) is 12.0 Å². The summed E-state index contributed by atoms with van der Waals surface area (Å²) in [4.78, 5) is 4.30. The van der Waals surface area contributed by atoms with E-state index in [-0.39, 0.29) is 0 Å². The first kappa shape index (κ1) is 9.86. The van der Waals surface area contributed by atoms with E-state index in [1.54, 1.807) is 0 Å². The Bertz CT molecular complexity index is 299. The Labute approximate surface area is 88.1 Å². The van der Waals surface area contributed by atoms with Crippen molar-refractivity contribution in [2.75, 3.05) is 11.9 Å². The molecule has 0 amide bonds. The lowest BCUT2D eigenvalue weighted by atomic mass is 10.0. The Kier molecular flexibility index (Phi) is 2.98. The number of aryl methyl sites for hydroxylation is 1. The summed E-state index contributed by atoms with van der Waals surface area (Å²) >= 11 is 1.44. The van der Waals surface area contributed by atoms with Gasteiger partial charge in [0.05, 0.1) is 0 Å². The van der Waals surface area contributed by atoms with Crippen molar-refractivity contribution in [1.29, 1.82) is 0 Å². The first-order valence-electron chi connectivity index (χ1n) is 5.06. The van der Waals surface area contributed by atoms with Crippen molar-refractivity contribution in [3.8, 4) is 0 Å². The highest BCUT2D eigenvalue weighted by Gasteiger charge is 2.26. The molecule has 1 aliphatic carbocycles. The second-order valence-electron chi connectivity index (χ2n) is 3.82. The molecule has 1 heterocycles. The Morgan fingerprint density at radius 1 is 1.57 bits per heavy atom.